The SMILES string of the molecule is Cc1cc(C(=O)NC(C)C2CC3CCC2C3)n(C)n1. The second kappa shape index (κ2) is 4.66. The maximum absolute atomic E-state index is 12.3. The van der Waals surface area contributed by atoms with Crippen LogP contribution >= 0.6 is 0 Å². The number of nitrogens with one attached hydrogen (secondary N) is 1. The molecule has 4 atom stereocenters. The summed E-state index contributed by atoms with van der Waals surface area (Å²) in [6, 6.07) is 2.13. The third kappa shape index (κ3) is 2.28. The van der Waals surface area contributed by atoms with Gasteiger partial charge in [-0.25, -0.2) is 0 Å². The van der Waals surface area contributed by atoms with E-state index in [1.807, 2.05) is 20.0 Å². The molecule has 2 fully saturated rings. The molecule has 2 aliphatic rings. The van der Waals surface area contributed by atoms with Gasteiger partial charge in [0.1, 0.15) is 5.69 Å². The zero-order valence-electron chi connectivity index (χ0n) is 12.0. The maximum atomic E-state index is 12.3. The molecule has 3 rings (SSSR count). The van der Waals surface area contributed by atoms with Gasteiger partial charge < -0.3 is 5.32 Å². The fourth-order valence-corrected chi connectivity index (χ4v) is 4.12. The third-order valence-electron chi connectivity index (χ3n) is 5.03. The normalized spacial score (nSPS) is 30.6. The Hall–Kier alpha value is -1.32. The number of carbonyl (C=O) groups excluding carboxylic acids is 1. The number of aromatic nitrogens is 2. The summed E-state index contributed by atoms with van der Waals surface area (Å²) in [6.07, 6.45) is 5.45. The quantitative estimate of drug-likeness (QED) is 0.907. The lowest BCUT2D eigenvalue weighted by molar-refractivity contribution is 0.0905. The molecule has 2 bridgehead atoms. The molecule has 0 aromatic carbocycles. The largest absolute Gasteiger partial charge is 0.348 e. The summed E-state index contributed by atoms with van der Waals surface area (Å²) in [5.74, 6) is 2.46. The van der Waals surface area contributed by atoms with Gasteiger partial charge in [-0.15, -0.1) is 0 Å². The molecule has 0 saturated heterocycles. The third-order valence-corrected chi connectivity index (χ3v) is 5.03. The van der Waals surface area contributed by atoms with Crippen molar-refractivity contribution in [2.75, 3.05) is 0 Å². The van der Waals surface area contributed by atoms with E-state index in [0.717, 1.165) is 17.5 Å². The fraction of sp³-hybridized carbons (Fsp3) is 0.733. The molecule has 19 heavy (non-hydrogen) atoms. The van der Waals surface area contributed by atoms with E-state index in [2.05, 4.69) is 17.3 Å². The van der Waals surface area contributed by atoms with Gasteiger partial charge in [-0.3, -0.25) is 9.48 Å². The van der Waals surface area contributed by atoms with E-state index in [-0.39, 0.29) is 11.9 Å². The lowest BCUT2D eigenvalue weighted by atomic mass is 9.84. The van der Waals surface area contributed by atoms with Gasteiger partial charge in [0, 0.05) is 13.1 Å². The van der Waals surface area contributed by atoms with Gasteiger partial charge >= 0.3 is 0 Å². The molecule has 4 unspecified atom stereocenters. The Kier molecular flexibility index (Phi) is 3.11. The van der Waals surface area contributed by atoms with Crippen LogP contribution in [0.3, 0.4) is 0 Å². The molecule has 1 amide bonds. The smallest absolute Gasteiger partial charge is 0.269 e. The van der Waals surface area contributed by atoms with E-state index in [1.54, 1.807) is 4.68 Å². The minimum Gasteiger partial charge on any atom is -0.348 e. The van der Waals surface area contributed by atoms with Crippen molar-refractivity contribution < 1.29 is 4.79 Å². The molecule has 1 N–H and O–H groups in total. The van der Waals surface area contributed by atoms with E-state index in [4.69, 9.17) is 0 Å². The summed E-state index contributed by atoms with van der Waals surface area (Å²) in [7, 11) is 1.82. The Morgan fingerprint density at radius 1 is 1.47 bits per heavy atom. The van der Waals surface area contributed by atoms with Crippen LogP contribution in [0.4, 0.5) is 0 Å². The van der Waals surface area contributed by atoms with Gasteiger partial charge in [0.2, 0.25) is 0 Å². The maximum Gasteiger partial charge on any atom is 0.269 e. The summed E-state index contributed by atoms with van der Waals surface area (Å²) < 4.78 is 1.66. The molecule has 4 heteroatoms. The first-order valence-electron chi connectivity index (χ1n) is 7.36. The van der Waals surface area contributed by atoms with Crippen molar-refractivity contribution in [3.63, 3.8) is 0 Å². The van der Waals surface area contributed by atoms with E-state index >= 15 is 0 Å². The van der Waals surface area contributed by atoms with Crippen LogP contribution in [0.25, 0.3) is 0 Å². The number of carbonyl (C=O) groups is 1. The lowest BCUT2D eigenvalue weighted by Crippen LogP contribution is -2.40. The molecule has 0 aliphatic heterocycles. The molecule has 0 spiro atoms. The topological polar surface area (TPSA) is 46.9 Å². The Morgan fingerprint density at radius 3 is 2.79 bits per heavy atom. The molecule has 4 nitrogen and oxygen atoms in total. The van der Waals surface area contributed by atoms with E-state index in [0.29, 0.717) is 11.6 Å². The second-order valence-electron chi connectivity index (χ2n) is 6.40. The number of aryl methyl sites for hydroxylation is 2. The number of amides is 1. The Bertz CT molecular complexity index is 494. The summed E-state index contributed by atoms with van der Waals surface area (Å²) in [4.78, 5) is 12.3. The van der Waals surface area contributed by atoms with Gasteiger partial charge in [0.05, 0.1) is 5.69 Å². The van der Waals surface area contributed by atoms with E-state index < -0.39 is 0 Å². The van der Waals surface area contributed by atoms with Gasteiger partial charge in [0.25, 0.3) is 5.91 Å². The van der Waals surface area contributed by atoms with Crippen LogP contribution in [0.5, 0.6) is 0 Å². The van der Waals surface area contributed by atoms with Gasteiger partial charge in [0.15, 0.2) is 0 Å². The van der Waals surface area contributed by atoms with Crippen molar-refractivity contribution in [1.82, 2.24) is 15.1 Å². The zero-order chi connectivity index (χ0) is 13.6. The molecule has 2 aliphatic carbocycles. The monoisotopic (exact) mass is 261 g/mol. The summed E-state index contributed by atoms with van der Waals surface area (Å²) in [5.41, 5.74) is 1.55. The molecule has 104 valence electrons. The molecular formula is C15H23N3O. The first kappa shape index (κ1) is 12.7. The highest BCUT2D eigenvalue weighted by atomic mass is 16.2. The van der Waals surface area contributed by atoms with Crippen LogP contribution < -0.4 is 5.32 Å². The van der Waals surface area contributed by atoms with Crippen molar-refractivity contribution in [3.8, 4) is 0 Å². The first-order chi connectivity index (χ1) is 9.04. The predicted molar refractivity (Wildman–Crippen MR) is 73.8 cm³/mol. The van der Waals surface area contributed by atoms with Crippen molar-refractivity contribution in [3.05, 3.63) is 17.5 Å². The van der Waals surface area contributed by atoms with E-state index in [9.17, 15) is 4.79 Å². The summed E-state index contributed by atoms with van der Waals surface area (Å²) in [5, 5.41) is 7.41. The van der Waals surface area contributed by atoms with Crippen molar-refractivity contribution >= 4 is 5.91 Å². The second-order valence-corrected chi connectivity index (χ2v) is 6.40. The van der Waals surface area contributed by atoms with Crippen molar-refractivity contribution in [1.29, 1.82) is 0 Å². The average molecular weight is 261 g/mol. The van der Waals surface area contributed by atoms with Crippen LogP contribution in [-0.4, -0.2) is 21.7 Å². The molecule has 1 aromatic rings. The molecule has 2 saturated carbocycles. The summed E-state index contributed by atoms with van der Waals surface area (Å²) >= 11 is 0. The number of hydrogen-bond acceptors (Lipinski definition) is 2. The van der Waals surface area contributed by atoms with Gasteiger partial charge in [-0.05, 0) is 56.9 Å². The number of fused-ring (bicyclic) bond motifs is 2. The highest BCUT2D eigenvalue weighted by molar-refractivity contribution is 5.92. The highest BCUT2D eigenvalue weighted by Gasteiger charge is 2.42. The first-order valence-corrected chi connectivity index (χ1v) is 7.36. The minimum atomic E-state index is 0.0124. The fourth-order valence-electron chi connectivity index (χ4n) is 4.12. The van der Waals surface area contributed by atoms with Crippen molar-refractivity contribution in [2.24, 2.45) is 24.8 Å². The predicted octanol–water partition coefficient (Wildman–Crippen LogP) is 2.28. The van der Waals surface area contributed by atoms with Gasteiger partial charge in [-0.1, -0.05) is 6.42 Å². The van der Waals surface area contributed by atoms with Gasteiger partial charge in [-0.2, -0.15) is 5.10 Å². The Morgan fingerprint density at radius 2 is 2.26 bits per heavy atom. The van der Waals surface area contributed by atoms with Crippen LogP contribution in [-0.2, 0) is 7.05 Å². The molecular weight excluding hydrogens is 238 g/mol. The number of hydrogen-bond donors (Lipinski definition) is 1. The Balaban J connectivity index is 1.65. The average Bonchev–Trinajstić information content (AvgIpc) is 3.03. The standard InChI is InChI=1S/C15H23N3O/c1-9-6-14(18(3)17-9)15(19)16-10(2)13-8-11-4-5-12(13)7-11/h6,10-13H,4-5,7-8H2,1-3H3,(H,16,19). The lowest BCUT2D eigenvalue weighted by Gasteiger charge is -2.28. The Labute approximate surface area is 114 Å². The summed E-state index contributed by atoms with van der Waals surface area (Å²) in [6.45, 7) is 4.07. The molecule has 0 radical (unpaired) electrons. The van der Waals surface area contributed by atoms with Crippen molar-refractivity contribution in [2.45, 2.75) is 45.6 Å². The van der Waals surface area contributed by atoms with Crippen LogP contribution in [0.15, 0.2) is 6.07 Å². The van der Waals surface area contributed by atoms with Crippen LogP contribution in [0, 0.1) is 24.7 Å². The van der Waals surface area contributed by atoms with Crippen LogP contribution in [0.1, 0.15) is 48.8 Å². The van der Waals surface area contributed by atoms with E-state index in [1.165, 1.54) is 25.7 Å². The molecule has 1 heterocycles. The number of nitrogens with zero attached hydrogens (tertiary/aromatic N) is 2. The number of rotatable bonds is 3. The highest BCUT2D eigenvalue weighted by Crippen LogP contribution is 2.49. The molecule has 1 aromatic heterocycles. The van der Waals surface area contributed by atoms with Crippen LogP contribution in [0.2, 0.25) is 0 Å². The zero-order valence-corrected chi connectivity index (χ0v) is 12.0. The minimum absolute atomic E-state index is 0.0124.